The molecule has 1 atom stereocenters. The summed E-state index contributed by atoms with van der Waals surface area (Å²) in [5.74, 6) is 1.58. The number of carbonyl (C=O) groups excluding carboxylic acids is 1. The quantitative estimate of drug-likeness (QED) is 0.668. The summed E-state index contributed by atoms with van der Waals surface area (Å²) in [5, 5.41) is 14.0. The van der Waals surface area contributed by atoms with Crippen LogP contribution >= 0.6 is 0 Å². The standard InChI is InChI=1S/C22H22N2O5/c1-27-20-10-15(8-18(25)22(20)28-2)14-7-17-16(4-3-5-23-17)19(9-14)29-12-13-6-21(26)24-11-13/h3-5,7-10,13,25H,6,11-12H2,1-2H3,(H,24,26). The number of carbonyl (C=O) groups is 1. The van der Waals surface area contributed by atoms with Crippen molar-refractivity contribution in [1.82, 2.24) is 10.3 Å². The third-order valence-electron chi connectivity index (χ3n) is 5.01. The van der Waals surface area contributed by atoms with Gasteiger partial charge in [-0.05, 0) is 47.5 Å². The normalized spacial score (nSPS) is 15.9. The summed E-state index contributed by atoms with van der Waals surface area (Å²) in [6.07, 6.45) is 2.20. The van der Waals surface area contributed by atoms with Gasteiger partial charge in [0.15, 0.2) is 11.5 Å². The zero-order chi connectivity index (χ0) is 20.4. The highest BCUT2D eigenvalue weighted by Crippen LogP contribution is 2.42. The Balaban J connectivity index is 1.74. The van der Waals surface area contributed by atoms with Crippen molar-refractivity contribution < 1.29 is 24.1 Å². The molecular weight excluding hydrogens is 372 g/mol. The van der Waals surface area contributed by atoms with Gasteiger partial charge in [-0.2, -0.15) is 0 Å². The fourth-order valence-electron chi connectivity index (χ4n) is 3.54. The topological polar surface area (TPSA) is 89.9 Å². The molecule has 7 nitrogen and oxygen atoms in total. The van der Waals surface area contributed by atoms with E-state index >= 15 is 0 Å². The van der Waals surface area contributed by atoms with Crippen molar-refractivity contribution in [2.24, 2.45) is 5.92 Å². The molecule has 7 heteroatoms. The molecular formula is C22H22N2O5. The average molecular weight is 394 g/mol. The molecule has 2 N–H and O–H groups in total. The lowest BCUT2D eigenvalue weighted by Gasteiger charge is -2.15. The van der Waals surface area contributed by atoms with Gasteiger partial charge in [-0.3, -0.25) is 9.78 Å². The highest BCUT2D eigenvalue weighted by molar-refractivity contribution is 5.90. The molecule has 1 amide bonds. The van der Waals surface area contributed by atoms with Crippen LogP contribution in [0.1, 0.15) is 6.42 Å². The highest BCUT2D eigenvalue weighted by atomic mass is 16.5. The molecule has 2 aromatic carbocycles. The Morgan fingerprint density at radius 3 is 2.66 bits per heavy atom. The molecule has 150 valence electrons. The van der Waals surface area contributed by atoms with Crippen LogP contribution < -0.4 is 19.5 Å². The van der Waals surface area contributed by atoms with E-state index < -0.39 is 0 Å². The maximum atomic E-state index is 11.4. The van der Waals surface area contributed by atoms with Crippen molar-refractivity contribution in [3.63, 3.8) is 0 Å². The summed E-state index contributed by atoms with van der Waals surface area (Å²) in [6.45, 7) is 1.06. The number of hydrogen-bond donors (Lipinski definition) is 2. The molecule has 1 fully saturated rings. The van der Waals surface area contributed by atoms with Crippen LogP contribution in [0.3, 0.4) is 0 Å². The van der Waals surface area contributed by atoms with Gasteiger partial charge in [-0.1, -0.05) is 0 Å². The number of nitrogens with zero attached hydrogens (tertiary/aromatic N) is 1. The number of phenolic OH excluding ortho intramolecular Hbond substituents is 1. The Bertz CT molecular complexity index is 1070. The lowest BCUT2D eigenvalue weighted by molar-refractivity contribution is -0.119. The molecule has 0 radical (unpaired) electrons. The first-order chi connectivity index (χ1) is 14.1. The number of benzene rings is 2. The van der Waals surface area contributed by atoms with Gasteiger partial charge in [0.05, 0.1) is 26.3 Å². The Labute approximate surface area is 168 Å². The predicted molar refractivity (Wildman–Crippen MR) is 109 cm³/mol. The van der Waals surface area contributed by atoms with Crippen LogP contribution in [-0.4, -0.2) is 43.4 Å². The molecule has 3 aromatic rings. The van der Waals surface area contributed by atoms with E-state index in [0.29, 0.717) is 31.1 Å². The third kappa shape index (κ3) is 3.76. The van der Waals surface area contributed by atoms with E-state index in [0.717, 1.165) is 22.0 Å². The van der Waals surface area contributed by atoms with Crippen LogP contribution in [0.2, 0.25) is 0 Å². The third-order valence-corrected chi connectivity index (χ3v) is 5.01. The van der Waals surface area contributed by atoms with Crippen LogP contribution in [-0.2, 0) is 4.79 Å². The van der Waals surface area contributed by atoms with Gasteiger partial charge >= 0.3 is 0 Å². The van der Waals surface area contributed by atoms with Gasteiger partial charge in [0.1, 0.15) is 5.75 Å². The number of aromatic nitrogens is 1. The summed E-state index contributed by atoms with van der Waals surface area (Å²) in [5.41, 5.74) is 2.34. The van der Waals surface area contributed by atoms with Crippen LogP contribution in [0.4, 0.5) is 0 Å². The number of aromatic hydroxyl groups is 1. The number of hydrogen-bond acceptors (Lipinski definition) is 6. The lowest BCUT2D eigenvalue weighted by Crippen LogP contribution is -2.16. The first-order valence-electron chi connectivity index (χ1n) is 9.32. The molecule has 1 aromatic heterocycles. The molecule has 1 aliphatic heterocycles. The van der Waals surface area contributed by atoms with E-state index in [1.165, 1.54) is 14.2 Å². The number of phenols is 1. The summed E-state index contributed by atoms with van der Waals surface area (Å²) in [7, 11) is 3.00. The van der Waals surface area contributed by atoms with Crippen molar-refractivity contribution in [3.05, 3.63) is 42.6 Å². The average Bonchev–Trinajstić information content (AvgIpc) is 3.16. The van der Waals surface area contributed by atoms with E-state index in [2.05, 4.69) is 10.3 Å². The summed E-state index contributed by atoms with van der Waals surface area (Å²) in [6, 6.07) is 11.1. The molecule has 1 aliphatic rings. The number of methoxy groups -OCH3 is 2. The van der Waals surface area contributed by atoms with E-state index in [1.54, 1.807) is 18.3 Å². The monoisotopic (exact) mass is 394 g/mol. The zero-order valence-electron chi connectivity index (χ0n) is 16.3. The summed E-state index contributed by atoms with van der Waals surface area (Å²) < 4.78 is 16.7. The minimum atomic E-state index is -0.0130. The number of pyridine rings is 1. The van der Waals surface area contributed by atoms with Crippen LogP contribution in [0.25, 0.3) is 22.0 Å². The highest BCUT2D eigenvalue weighted by Gasteiger charge is 2.22. The number of rotatable bonds is 6. The predicted octanol–water partition coefficient (Wildman–Crippen LogP) is 3.14. The van der Waals surface area contributed by atoms with E-state index in [4.69, 9.17) is 14.2 Å². The Morgan fingerprint density at radius 2 is 1.93 bits per heavy atom. The van der Waals surface area contributed by atoms with Crippen LogP contribution in [0.15, 0.2) is 42.6 Å². The second-order valence-electron chi connectivity index (χ2n) is 6.96. The van der Waals surface area contributed by atoms with Gasteiger partial charge in [0.25, 0.3) is 0 Å². The SMILES string of the molecule is COc1cc(-c2cc(OCC3CNC(=O)C3)c3cccnc3c2)cc(O)c1OC. The Hall–Kier alpha value is -3.48. The van der Waals surface area contributed by atoms with E-state index in [-0.39, 0.29) is 23.3 Å². The summed E-state index contributed by atoms with van der Waals surface area (Å²) >= 11 is 0. The molecule has 0 aliphatic carbocycles. The fraction of sp³-hybridized carbons (Fsp3) is 0.273. The van der Waals surface area contributed by atoms with Gasteiger partial charge in [-0.15, -0.1) is 0 Å². The van der Waals surface area contributed by atoms with Gasteiger partial charge in [-0.25, -0.2) is 0 Å². The number of nitrogens with one attached hydrogen (secondary N) is 1. The second kappa shape index (κ2) is 7.87. The fourth-order valence-corrected chi connectivity index (χ4v) is 3.54. The smallest absolute Gasteiger partial charge is 0.220 e. The first-order valence-corrected chi connectivity index (χ1v) is 9.32. The minimum absolute atomic E-state index is 0.0130. The first kappa shape index (κ1) is 18.9. The van der Waals surface area contributed by atoms with Crippen LogP contribution in [0, 0.1) is 5.92 Å². The molecule has 1 unspecified atom stereocenters. The van der Waals surface area contributed by atoms with E-state index in [1.807, 2.05) is 24.3 Å². The van der Waals surface area contributed by atoms with Gasteiger partial charge in [0.2, 0.25) is 11.7 Å². The molecule has 29 heavy (non-hydrogen) atoms. The van der Waals surface area contributed by atoms with Crippen molar-refractivity contribution >= 4 is 16.8 Å². The molecule has 0 spiro atoms. The molecule has 0 saturated carbocycles. The largest absolute Gasteiger partial charge is 0.504 e. The zero-order valence-corrected chi connectivity index (χ0v) is 16.3. The number of ether oxygens (including phenoxy) is 3. The van der Waals surface area contributed by atoms with Crippen molar-refractivity contribution in [2.45, 2.75) is 6.42 Å². The molecule has 0 bridgehead atoms. The molecule has 4 rings (SSSR count). The molecule has 2 heterocycles. The number of amides is 1. The lowest BCUT2D eigenvalue weighted by atomic mass is 10.0. The van der Waals surface area contributed by atoms with E-state index in [9.17, 15) is 9.90 Å². The summed E-state index contributed by atoms with van der Waals surface area (Å²) in [4.78, 5) is 15.9. The van der Waals surface area contributed by atoms with Crippen LogP contribution in [0.5, 0.6) is 23.0 Å². The Kier molecular flexibility index (Phi) is 5.12. The maximum absolute atomic E-state index is 11.4. The molecule has 1 saturated heterocycles. The van der Waals surface area contributed by atoms with Gasteiger partial charge < -0.3 is 24.6 Å². The van der Waals surface area contributed by atoms with Crippen molar-refractivity contribution in [3.8, 4) is 34.1 Å². The van der Waals surface area contributed by atoms with Crippen molar-refractivity contribution in [2.75, 3.05) is 27.4 Å². The number of fused-ring (bicyclic) bond motifs is 1. The minimum Gasteiger partial charge on any atom is -0.504 e. The maximum Gasteiger partial charge on any atom is 0.220 e. The van der Waals surface area contributed by atoms with Crippen molar-refractivity contribution in [1.29, 1.82) is 0 Å². The Morgan fingerprint density at radius 1 is 1.14 bits per heavy atom. The van der Waals surface area contributed by atoms with Gasteiger partial charge in [0, 0.05) is 30.5 Å². The second-order valence-corrected chi connectivity index (χ2v) is 6.96.